The van der Waals surface area contributed by atoms with Crippen LogP contribution in [0.4, 0.5) is 0 Å². The molecule has 9 heteroatoms. The number of aromatic nitrogens is 4. The molecule has 3 aromatic rings. The number of aryl methyl sites for hydroxylation is 1. The highest BCUT2D eigenvalue weighted by Crippen LogP contribution is 2.38. The van der Waals surface area contributed by atoms with Crippen molar-refractivity contribution in [3.8, 4) is 0 Å². The van der Waals surface area contributed by atoms with Gasteiger partial charge in [-0.15, -0.1) is 0 Å². The fraction of sp³-hybridized carbons (Fsp3) is 0.538. The summed E-state index contributed by atoms with van der Waals surface area (Å²) >= 11 is 0. The van der Waals surface area contributed by atoms with Gasteiger partial charge in [-0.05, 0) is 55.4 Å². The Morgan fingerprint density at radius 2 is 2.03 bits per heavy atom. The van der Waals surface area contributed by atoms with Crippen LogP contribution in [0.25, 0.3) is 11.0 Å². The number of aromatic amines is 1. The van der Waals surface area contributed by atoms with Crippen molar-refractivity contribution in [1.82, 2.24) is 25.1 Å². The molecule has 1 aliphatic carbocycles. The molecular formula is C26H33N5O4. The number of ether oxygens (including phenoxy) is 2. The number of imidazole rings is 1. The average molecular weight is 480 g/mol. The predicted octanol–water partition coefficient (Wildman–Crippen LogP) is 3.42. The van der Waals surface area contributed by atoms with Crippen LogP contribution in [0, 0.1) is 11.8 Å². The first-order chi connectivity index (χ1) is 16.9. The first-order valence-corrected chi connectivity index (χ1v) is 12.4. The Labute approximate surface area is 204 Å². The van der Waals surface area contributed by atoms with E-state index in [-0.39, 0.29) is 23.8 Å². The molecule has 0 spiro atoms. The van der Waals surface area contributed by atoms with Gasteiger partial charge in [0.05, 0.1) is 36.9 Å². The molecule has 1 atom stereocenters. The summed E-state index contributed by atoms with van der Waals surface area (Å²) in [5.41, 5.74) is 2.22. The number of nitrogens with one attached hydrogen (secondary N) is 2. The summed E-state index contributed by atoms with van der Waals surface area (Å²) in [6, 6.07) is 7.29. The number of fused-ring (bicyclic) bond motifs is 1. The van der Waals surface area contributed by atoms with E-state index in [1.165, 1.54) is 0 Å². The van der Waals surface area contributed by atoms with Crippen molar-refractivity contribution in [1.29, 1.82) is 0 Å². The zero-order chi connectivity index (χ0) is 24.6. The third kappa shape index (κ3) is 4.33. The lowest BCUT2D eigenvalue weighted by Gasteiger charge is -2.39. The van der Waals surface area contributed by atoms with E-state index >= 15 is 0 Å². The maximum Gasteiger partial charge on any atom is 0.321 e. The van der Waals surface area contributed by atoms with E-state index in [1.807, 2.05) is 18.2 Å². The average Bonchev–Trinajstić information content (AvgIpc) is 3.43. The Morgan fingerprint density at radius 3 is 2.66 bits per heavy atom. The number of amides is 1. The second-order valence-electron chi connectivity index (χ2n) is 9.96. The molecule has 1 aromatic carbocycles. The van der Waals surface area contributed by atoms with Crippen LogP contribution in [-0.2, 0) is 26.7 Å². The van der Waals surface area contributed by atoms with Gasteiger partial charge in [-0.1, -0.05) is 25.8 Å². The summed E-state index contributed by atoms with van der Waals surface area (Å²) in [5.74, 6) is 1.30. The van der Waals surface area contributed by atoms with Crippen molar-refractivity contribution in [2.24, 2.45) is 18.9 Å². The lowest BCUT2D eigenvalue weighted by atomic mass is 9.78. The fourth-order valence-corrected chi connectivity index (χ4v) is 5.29. The van der Waals surface area contributed by atoms with Gasteiger partial charge in [0.15, 0.2) is 0 Å². The number of benzene rings is 1. The molecule has 2 fully saturated rings. The number of hydrogen-bond donors (Lipinski definition) is 2. The summed E-state index contributed by atoms with van der Waals surface area (Å²) in [7, 11) is 1.76. The predicted molar refractivity (Wildman–Crippen MR) is 130 cm³/mol. The first kappa shape index (κ1) is 23.5. The molecule has 9 nitrogen and oxygen atoms in total. The molecule has 186 valence electrons. The van der Waals surface area contributed by atoms with E-state index < -0.39 is 5.41 Å². The van der Waals surface area contributed by atoms with E-state index in [0.29, 0.717) is 31.4 Å². The largest absolute Gasteiger partial charge is 0.465 e. The minimum atomic E-state index is -0.776. The minimum Gasteiger partial charge on any atom is -0.465 e. The molecule has 1 aliphatic heterocycles. The van der Waals surface area contributed by atoms with Gasteiger partial charge in [0.25, 0.3) is 5.91 Å². The maximum atomic E-state index is 13.1. The molecule has 1 saturated carbocycles. The molecule has 0 unspecified atom stereocenters. The van der Waals surface area contributed by atoms with Gasteiger partial charge < -0.3 is 19.8 Å². The van der Waals surface area contributed by atoms with Crippen LogP contribution in [0.15, 0.2) is 30.5 Å². The second kappa shape index (κ2) is 9.45. The van der Waals surface area contributed by atoms with Crippen LogP contribution in [-0.4, -0.2) is 51.4 Å². The first-order valence-electron chi connectivity index (χ1n) is 12.4. The molecular weight excluding hydrogens is 446 g/mol. The number of nitrogens with zero attached hydrogens (tertiary/aromatic N) is 3. The monoisotopic (exact) mass is 479 g/mol. The molecule has 1 saturated heterocycles. The van der Waals surface area contributed by atoms with Gasteiger partial charge in [0.2, 0.25) is 0 Å². The van der Waals surface area contributed by atoms with Crippen molar-refractivity contribution in [2.45, 2.75) is 51.0 Å². The molecule has 2 N–H and O–H groups in total. The van der Waals surface area contributed by atoms with Gasteiger partial charge in [-0.25, -0.2) is 4.98 Å². The van der Waals surface area contributed by atoms with Gasteiger partial charge in [0, 0.05) is 13.2 Å². The van der Waals surface area contributed by atoms with Crippen LogP contribution in [0.2, 0.25) is 0 Å². The molecule has 2 aromatic heterocycles. The quantitative estimate of drug-likeness (QED) is 0.503. The fourth-order valence-electron chi connectivity index (χ4n) is 5.29. The second-order valence-corrected chi connectivity index (χ2v) is 9.96. The number of carbonyl (C=O) groups is 2. The van der Waals surface area contributed by atoms with Gasteiger partial charge in [0.1, 0.15) is 16.9 Å². The number of rotatable bonds is 7. The van der Waals surface area contributed by atoms with Crippen LogP contribution in [0.3, 0.4) is 0 Å². The van der Waals surface area contributed by atoms with Crippen LogP contribution in [0.1, 0.15) is 67.4 Å². The summed E-state index contributed by atoms with van der Waals surface area (Å²) in [6.07, 6.45) is 5.95. The number of H-pyrrole nitrogens is 1. The highest BCUT2D eigenvalue weighted by molar-refractivity contribution is 5.92. The van der Waals surface area contributed by atoms with Gasteiger partial charge in [-0.2, -0.15) is 5.10 Å². The minimum absolute atomic E-state index is 0.164. The Morgan fingerprint density at radius 1 is 1.26 bits per heavy atom. The molecule has 0 bridgehead atoms. The van der Waals surface area contributed by atoms with Crippen LogP contribution < -0.4 is 5.32 Å². The molecule has 35 heavy (non-hydrogen) atoms. The summed E-state index contributed by atoms with van der Waals surface area (Å²) in [5, 5.41) is 7.37. The Hall–Kier alpha value is -3.20. The molecule has 2 aliphatic rings. The highest BCUT2D eigenvalue weighted by Gasteiger charge is 2.49. The third-order valence-corrected chi connectivity index (χ3v) is 7.58. The van der Waals surface area contributed by atoms with Crippen LogP contribution in [0.5, 0.6) is 0 Å². The Kier molecular flexibility index (Phi) is 6.35. The Balaban J connectivity index is 1.47. The summed E-state index contributed by atoms with van der Waals surface area (Å²) < 4.78 is 12.3. The number of hydrogen-bond acceptors (Lipinski definition) is 6. The van der Waals surface area contributed by atoms with E-state index in [4.69, 9.17) is 14.5 Å². The SMILES string of the molecule is CCOC(=O)C1(c2ccc3nc([C@@H](NC(=O)c4ccnn4C)C4CCC(C)CC4)[nH]c3c2)COC1. The zero-order valence-electron chi connectivity index (χ0n) is 20.5. The van der Waals surface area contributed by atoms with Gasteiger partial charge in [-0.3, -0.25) is 14.3 Å². The van der Waals surface area contributed by atoms with E-state index in [2.05, 4.69) is 22.3 Å². The van der Waals surface area contributed by atoms with Crippen molar-refractivity contribution < 1.29 is 19.1 Å². The zero-order valence-corrected chi connectivity index (χ0v) is 20.5. The number of carbonyl (C=O) groups excluding carboxylic acids is 2. The van der Waals surface area contributed by atoms with Crippen molar-refractivity contribution >= 4 is 22.9 Å². The maximum absolute atomic E-state index is 13.1. The molecule has 0 radical (unpaired) electrons. The van der Waals surface area contributed by atoms with E-state index in [9.17, 15) is 9.59 Å². The van der Waals surface area contributed by atoms with Crippen LogP contribution >= 0.6 is 0 Å². The number of esters is 1. The molecule has 3 heterocycles. The summed E-state index contributed by atoms with van der Waals surface area (Å²) in [6.45, 7) is 5.03. The Bertz CT molecular complexity index is 1220. The smallest absolute Gasteiger partial charge is 0.321 e. The topological polar surface area (TPSA) is 111 Å². The van der Waals surface area contributed by atoms with Gasteiger partial charge >= 0.3 is 5.97 Å². The lowest BCUT2D eigenvalue weighted by molar-refractivity contribution is -0.169. The van der Waals surface area contributed by atoms with Crippen molar-refractivity contribution in [3.63, 3.8) is 0 Å². The summed E-state index contributed by atoms with van der Waals surface area (Å²) in [4.78, 5) is 34.2. The van der Waals surface area contributed by atoms with E-state index in [1.54, 1.807) is 30.9 Å². The van der Waals surface area contributed by atoms with E-state index in [0.717, 1.165) is 48.1 Å². The molecule has 1 amide bonds. The van der Waals surface area contributed by atoms with Crippen molar-refractivity contribution in [2.75, 3.05) is 19.8 Å². The lowest BCUT2D eigenvalue weighted by Crippen LogP contribution is -2.53. The normalized spacial score (nSPS) is 22.4. The third-order valence-electron chi connectivity index (χ3n) is 7.58. The molecule has 5 rings (SSSR count). The standard InChI is InChI=1S/C26H33N5O4/c1-4-35-25(33)26(14-34-15-26)18-9-10-19-20(13-18)29-23(28-19)22(17-7-5-16(2)6-8-17)30-24(32)21-11-12-27-31(21)3/h9-13,16-17,22H,4-8,14-15H2,1-3H3,(H,28,29)(H,30,32)/t16?,17?,22-/m0/s1. The van der Waals surface area contributed by atoms with Crippen molar-refractivity contribution in [3.05, 3.63) is 47.5 Å². The highest BCUT2D eigenvalue weighted by atomic mass is 16.6.